The van der Waals surface area contributed by atoms with E-state index in [1.807, 2.05) is 48.5 Å². The van der Waals surface area contributed by atoms with Gasteiger partial charge in [-0.1, -0.05) is 48.5 Å². The highest BCUT2D eigenvalue weighted by Gasteiger charge is 2.35. The second kappa shape index (κ2) is 10.1. The molecular formula is C25H28N6O. The number of nitrogens with one attached hydrogen (secondary N) is 2. The lowest BCUT2D eigenvalue weighted by Crippen LogP contribution is -2.47. The first-order valence-electron chi connectivity index (χ1n) is 11.0. The Morgan fingerprint density at radius 1 is 1.09 bits per heavy atom. The van der Waals surface area contributed by atoms with Crippen LogP contribution in [0, 0.1) is 11.3 Å². The van der Waals surface area contributed by atoms with Crippen LogP contribution in [0.2, 0.25) is 0 Å². The Kier molecular flexibility index (Phi) is 6.83. The van der Waals surface area contributed by atoms with Gasteiger partial charge >= 0.3 is 6.03 Å². The fraction of sp³-hybridized carbons (Fsp3) is 0.320. The monoisotopic (exact) mass is 428 g/mol. The zero-order chi connectivity index (χ0) is 22.3. The molecule has 4 N–H and O–H groups in total. The summed E-state index contributed by atoms with van der Waals surface area (Å²) in [5, 5.41) is 15.2. The number of aliphatic imine (C=N–C) groups is 1. The fourth-order valence-electron chi connectivity index (χ4n) is 4.45. The van der Waals surface area contributed by atoms with Gasteiger partial charge in [-0.15, -0.1) is 0 Å². The van der Waals surface area contributed by atoms with E-state index in [0.717, 1.165) is 48.3 Å². The third kappa shape index (κ3) is 5.16. The lowest BCUT2D eigenvalue weighted by atomic mass is 9.94. The molecule has 0 spiro atoms. The number of nitrogens with zero attached hydrogens (tertiary/aromatic N) is 3. The van der Waals surface area contributed by atoms with Gasteiger partial charge in [0.1, 0.15) is 5.84 Å². The highest BCUT2D eigenvalue weighted by molar-refractivity contribution is 6.09. The Balaban J connectivity index is 1.52. The average molecular weight is 429 g/mol. The van der Waals surface area contributed by atoms with Crippen molar-refractivity contribution >= 4 is 17.6 Å². The van der Waals surface area contributed by atoms with Gasteiger partial charge in [-0.3, -0.25) is 10.2 Å². The molecule has 1 saturated heterocycles. The summed E-state index contributed by atoms with van der Waals surface area (Å²) in [6.45, 7) is 1.69. The molecule has 1 aliphatic carbocycles. The Morgan fingerprint density at radius 3 is 2.47 bits per heavy atom. The van der Waals surface area contributed by atoms with Crippen molar-refractivity contribution in [2.75, 3.05) is 19.6 Å². The van der Waals surface area contributed by atoms with Crippen molar-refractivity contribution in [1.29, 1.82) is 5.26 Å². The molecule has 32 heavy (non-hydrogen) atoms. The number of para-hydroxylation sites is 1. The number of benzene rings is 2. The van der Waals surface area contributed by atoms with Gasteiger partial charge in [0.05, 0.1) is 24.3 Å². The number of allylic oxidation sites excluding steroid dienone is 1. The number of carbonyl (C=O) groups is 1. The molecular weight excluding hydrogens is 400 g/mol. The number of amidine groups is 1. The highest BCUT2D eigenvalue weighted by Crippen LogP contribution is 2.28. The normalized spacial score (nSPS) is 21.4. The third-order valence-electron chi connectivity index (χ3n) is 6.01. The van der Waals surface area contributed by atoms with E-state index < -0.39 is 0 Å². The lowest BCUT2D eigenvalue weighted by Gasteiger charge is -2.21. The molecule has 164 valence electrons. The smallest absolute Gasteiger partial charge is 0.320 e. The van der Waals surface area contributed by atoms with Gasteiger partial charge in [-0.05, 0) is 37.0 Å². The predicted octanol–water partition coefficient (Wildman–Crippen LogP) is 3.40. The van der Waals surface area contributed by atoms with Crippen LogP contribution < -0.4 is 16.4 Å². The summed E-state index contributed by atoms with van der Waals surface area (Å²) in [5.41, 5.74) is 9.81. The molecule has 2 atom stereocenters. The minimum atomic E-state index is -0.309. The van der Waals surface area contributed by atoms with Crippen LogP contribution in [0.15, 0.2) is 76.9 Å². The maximum absolute atomic E-state index is 13.1. The molecule has 0 aromatic heterocycles. The summed E-state index contributed by atoms with van der Waals surface area (Å²) in [6.07, 6.45) is 2.57. The summed E-state index contributed by atoms with van der Waals surface area (Å²) < 4.78 is 0. The summed E-state index contributed by atoms with van der Waals surface area (Å²) in [5.74, 6) is 0.618. The van der Waals surface area contributed by atoms with Crippen molar-refractivity contribution < 1.29 is 4.79 Å². The van der Waals surface area contributed by atoms with E-state index in [1.165, 1.54) is 0 Å². The maximum Gasteiger partial charge on any atom is 0.320 e. The van der Waals surface area contributed by atoms with Crippen molar-refractivity contribution in [2.45, 2.75) is 31.2 Å². The van der Waals surface area contributed by atoms with Gasteiger partial charge in [-0.25, -0.2) is 9.79 Å². The highest BCUT2D eigenvalue weighted by atomic mass is 16.2. The largest absolute Gasteiger partial charge is 0.402 e. The van der Waals surface area contributed by atoms with Crippen LogP contribution in [0.25, 0.3) is 0 Å². The van der Waals surface area contributed by atoms with Gasteiger partial charge < -0.3 is 11.1 Å². The van der Waals surface area contributed by atoms with Gasteiger partial charge in [-0.2, -0.15) is 5.26 Å². The van der Waals surface area contributed by atoms with Crippen LogP contribution >= 0.6 is 0 Å². The Labute approximate surface area is 188 Å². The molecule has 0 unspecified atom stereocenters. The predicted molar refractivity (Wildman–Crippen MR) is 125 cm³/mol. The van der Waals surface area contributed by atoms with Gasteiger partial charge in [0.2, 0.25) is 0 Å². The SMILES string of the molecule is N#CCN1C[C@@H](NC(=O)NC(=Nc2ccccc2)C2=C(N)CCC2)[C@H](c2ccccc2)C1. The Morgan fingerprint density at radius 2 is 1.81 bits per heavy atom. The van der Waals surface area contributed by atoms with Gasteiger partial charge in [0.15, 0.2) is 0 Å². The standard InChI is InChI=1S/C25H28N6O/c26-14-15-31-16-21(18-8-3-1-4-9-18)23(17-31)29-25(32)30-24(20-12-7-13-22(20)27)28-19-10-5-2-6-11-19/h1-6,8-11,21,23H,7,12-13,15-17,27H2,(H2,28,29,30,32)/t21-,23+/m0/s1. The number of amides is 2. The zero-order valence-electron chi connectivity index (χ0n) is 18.0. The number of carbonyl (C=O) groups excluding carboxylic acids is 1. The second-order valence-electron chi connectivity index (χ2n) is 8.23. The summed E-state index contributed by atoms with van der Waals surface area (Å²) in [7, 11) is 0. The van der Waals surface area contributed by atoms with Crippen molar-refractivity contribution in [1.82, 2.24) is 15.5 Å². The van der Waals surface area contributed by atoms with Crippen molar-refractivity contribution in [3.8, 4) is 6.07 Å². The van der Waals surface area contributed by atoms with Crippen LogP contribution in [-0.2, 0) is 0 Å². The molecule has 1 fully saturated rings. The van der Waals surface area contributed by atoms with Crippen molar-refractivity contribution in [3.63, 3.8) is 0 Å². The summed E-state index contributed by atoms with van der Waals surface area (Å²) in [4.78, 5) is 19.8. The molecule has 1 heterocycles. The molecule has 7 nitrogen and oxygen atoms in total. The molecule has 1 aliphatic heterocycles. The number of hydrogen-bond donors (Lipinski definition) is 3. The van der Waals surface area contributed by atoms with Crippen LogP contribution in [-0.4, -0.2) is 42.4 Å². The van der Waals surface area contributed by atoms with E-state index in [0.29, 0.717) is 18.9 Å². The Hall–Kier alpha value is -3.63. The number of nitrogens with two attached hydrogens (primary N) is 1. The van der Waals surface area contributed by atoms with Crippen LogP contribution in [0.1, 0.15) is 30.7 Å². The van der Waals surface area contributed by atoms with E-state index in [1.54, 1.807) is 0 Å². The van der Waals surface area contributed by atoms with E-state index in [2.05, 4.69) is 38.7 Å². The quantitative estimate of drug-likeness (QED) is 0.385. The molecule has 2 aliphatic rings. The maximum atomic E-state index is 13.1. The topological polar surface area (TPSA) is 107 Å². The number of urea groups is 1. The van der Waals surface area contributed by atoms with E-state index in [4.69, 9.17) is 11.0 Å². The van der Waals surface area contributed by atoms with E-state index in [-0.39, 0.29) is 18.0 Å². The van der Waals surface area contributed by atoms with E-state index in [9.17, 15) is 4.79 Å². The fourth-order valence-corrected chi connectivity index (χ4v) is 4.45. The first-order chi connectivity index (χ1) is 15.6. The summed E-state index contributed by atoms with van der Waals surface area (Å²) >= 11 is 0. The van der Waals surface area contributed by atoms with Crippen molar-refractivity contribution in [3.05, 3.63) is 77.5 Å². The number of rotatable bonds is 5. The molecule has 2 aromatic carbocycles. The molecule has 7 heteroatoms. The van der Waals surface area contributed by atoms with Crippen LogP contribution in [0.3, 0.4) is 0 Å². The molecule has 4 rings (SSSR count). The molecule has 0 saturated carbocycles. The number of likely N-dealkylation sites (tertiary alicyclic amines) is 1. The number of nitriles is 1. The summed E-state index contributed by atoms with van der Waals surface area (Å²) in [6, 6.07) is 21.5. The average Bonchev–Trinajstić information content (AvgIpc) is 3.41. The lowest BCUT2D eigenvalue weighted by molar-refractivity contribution is 0.240. The van der Waals surface area contributed by atoms with Crippen molar-refractivity contribution in [2.24, 2.45) is 10.7 Å². The van der Waals surface area contributed by atoms with Gasteiger partial charge in [0, 0.05) is 30.3 Å². The molecule has 0 radical (unpaired) electrons. The van der Waals surface area contributed by atoms with Crippen LogP contribution in [0.5, 0.6) is 0 Å². The van der Waals surface area contributed by atoms with Gasteiger partial charge in [0.25, 0.3) is 0 Å². The first kappa shape index (κ1) is 21.6. The minimum absolute atomic E-state index is 0.112. The molecule has 2 amide bonds. The van der Waals surface area contributed by atoms with Crippen LogP contribution in [0.4, 0.5) is 10.5 Å². The second-order valence-corrected chi connectivity index (χ2v) is 8.23. The molecule has 2 aromatic rings. The number of hydrogen-bond acceptors (Lipinski definition) is 5. The molecule has 0 bridgehead atoms. The zero-order valence-corrected chi connectivity index (χ0v) is 18.0. The Bertz CT molecular complexity index is 1040. The minimum Gasteiger partial charge on any atom is -0.402 e. The third-order valence-corrected chi connectivity index (χ3v) is 6.01. The first-order valence-corrected chi connectivity index (χ1v) is 11.0. The van der Waals surface area contributed by atoms with E-state index >= 15 is 0 Å².